The van der Waals surface area contributed by atoms with Crippen molar-refractivity contribution in [2.45, 2.75) is 6.92 Å². The van der Waals surface area contributed by atoms with Gasteiger partial charge in [0.2, 0.25) is 0 Å². The second kappa shape index (κ2) is 4.45. The van der Waals surface area contributed by atoms with Crippen molar-refractivity contribution in [2.75, 3.05) is 0 Å². The van der Waals surface area contributed by atoms with Crippen LogP contribution in [0.4, 0.5) is 0 Å². The minimum atomic E-state index is 0.997. The molecule has 88 valence electrons. The standard InChI is InChI=1S/C15H13N3/c1-11-4-2-7-14(17-11)12-5-3-6-13(10-12)15-8-9-16-18-15/h2-10H,1H3,(H,16,18). The molecule has 3 rings (SSSR count). The molecule has 0 aliphatic carbocycles. The van der Waals surface area contributed by atoms with Crippen LogP contribution >= 0.6 is 0 Å². The first-order chi connectivity index (χ1) is 8.83. The lowest BCUT2D eigenvalue weighted by atomic mass is 10.1. The molecule has 1 N–H and O–H groups in total. The molecule has 0 unspecified atom stereocenters. The van der Waals surface area contributed by atoms with Crippen LogP contribution in [0.2, 0.25) is 0 Å². The number of nitrogens with zero attached hydrogens (tertiary/aromatic N) is 2. The number of aryl methyl sites for hydroxylation is 1. The van der Waals surface area contributed by atoms with E-state index in [2.05, 4.69) is 33.4 Å². The van der Waals surface area contributed by atoms with Gasteiger partial charge in [0, 0.05) is 23.0 Å². The number of aromatic amines is 1. The van der Waals surface area contributed by atoms with E-state index < -0.39 is 0 Å². The molecule has 0 aliphatic heterocycles. The fourth-order valence-electron chi connectivity index (χ4n) is 1.97. The Kier molecular flexibility index (Phi) is 2.65. The van der Waals surface area contributed by atoms with Crippen LogP contribution in [0.25, 0.3) is 22.5 Å². The molecule has 0 radical (unpaired) electrons. The number of pyridine rings is 1. The Hall–Kier alpha value is -2.42. The first-order valence-corrected chi connectivity index (χ1v) is 5.87. The van der Waals surface area contributed by atoms with Crippen molar-refractivity contribution >= 4 is 0 Å². The zero-order valence-corrected chi connectivity index (χ0v) is 10.1. The van der Waals surface area contributed by atoms with E-state index in [1.165, 1.54) is 0 Å². The lowest BCUT2D eigenvalue weighted by Gasteiger charge is -2.04. The maximum absolute atomic E-state index is 4.54. The second-order valence-corrected chi connectivity index (χ2v) is 4.22. The SMILES string of the molecule is Cc1cccc(-c2cccc(-c3ccn[nH]3)c2)n1. The molecule has 3 nitrogen and oxygen atoms in total. The smallest absolute Gasteiger partial charge is 0.0705 e. The summed E-state index contributed by atoms with van der Waals surface area (Å²) in [6, 6.07) is 16.3. The van der Waals surface area contributed by atoms with Crippen LogP contribution in [0.5, 0.6) is 0 Å². The highest BCUT2D eigenvalue weighted by molar-refractivity contribution is 5.69. The van der Waals surface area contributed by atoms with Gasteiger partial charge in [-0.15, -0.1) is 0 Å². The Labute approximate surface area is 106 Å². The summed E-state index contributed by atoms with van der Waals surface area (Å²) in [5.74, 6) is 0. The van der Waals surface area contributed by atoms with Crippen LogP contribution in [0, 0.1) is 6.92 Å². The maximum atomic E-state index is 4.54. The Balaban J connectivity index is 2.06. The fraction of sp³-hybridized carbons (Fsp3) is 0.0667. The van der Waals surface area contributed by atoms with Gasteiger partial charge >= 0.3 is 0 Å². The third-order valence-corrected chi connectivity index (χ3v) is 2.86. The van der Waals surface area contributed by atoms with Crippen molar-refractivity contribution in [1.82, 2.24) is 15.2 Å². The number of H-pyrrole nitrogens is 1. The maximum Gasteiger partial charge on any atom is 0.0705 e. The molecule has 2 aromatic heterocycles. The molecule has 0 atom stereocenters. The van der Waals surface area contributed by atoms with Gasteiger partial charge in [-0.1, -0.05) is 24.3 Å². The van der Waals surface area contributed by atoms with Crippen LogP contribution in [0.3, 0.4) is 0 Å². The monoisotopic (exact) mass is 235 g/mol. The van der Waals surface area contributed by atoms with E-state index in [1.807, 2.05) is 37.3 Å². The molecule has 1 aromatic carbocycles. The van der Waals surface area contributed by atoms with Crippen LogP contribution in [-0.2, 0) is 0 Å². The van der Waals surface area contributed by atoms with E-state index in [-0.39, 0.29) is 0 Å². The van der Waals surface area contributed by atoms with Gasteiger partial charge in [0.25, 0.3) is 0 Å². The summed E-state index contributed by atoms with van der Waals surface area (Å²) in [7, 11) is 0. The first kappa shape index (κ1) is 10.7. The van der Waals surface area contributed by atoms with Crippen LogP contribution < -0.4 is 0 Å². The largest absolute Gasteiger partial charge is 0.278 e. The van der Waals surface area contributed by atoms with E-state index in [0.717, 1.165) is 28.2 Å². The predicted molar refractivity (Wildman–Crippen MR) is 72.0 cm³/mol. The first-order valence-electron chi connectivity index (χ1n) is 5.87. The third kappa shape index (κ3) is 2.02. The number of aromatic nitrogens is 3. The molecule has 3 aromatic rings. The summed E-state index contributed by atoms with van der Waals surface area (Å²) in [4.78, 5) is 4.54. The lowest BCUT2D eigenvalue weighted by Crippen LogP contribution is -1.87. The Morgan fingerprint density at radius 3 is 2.56 bits per heavy atom. The lowest BCUT2D eigenvalue weighted by molar-refractivity contribution is 1.10. The predicted octanol–water partition coefficient (Wildman–Crippen LogP) is 3.45. The van der Waals surface area contributed by atoms with Crippen molar-refractivity contribution in [1.29, 1.82) is 0 Å². The Morgan fingerprint density at radius 1 is 0.944 bits per heavy atom. The van der Waals surface area contributed by atoms with Gasteiger partial charge in [0.05, 0.1) is 11.4 Å². The summed E-state index contributed by atoms with van der Waals surface area (Å²) in [6.45, 7) is 2.00. The topological polar surface area (TPSA) is 41.6 Å². The van der Waals surface area contributed by atoms with Crippen molar-refractivity contribution < 1.29 is 0 Å². The number of hydrogen-bond acceptors (Lipinski definition) is 2. The average Bonchev–Trinajstić information content (AvgIpc) is 2.93. The van der Waals surface area contributed by atoms with Gasteiger partial charge in [0.15, 0.2) is 0 Å². The van der Waals surface area contributed by atoms with Crippen molar-refractivity contribution in [3.63, 3.8) is 0 Å². The van der Waals surface area contributed by atoms with Gasteiger partial charge in [-0.05, 0) is 31.2 Å². The molecule has 0 bridgehead atoms. The molecule has 0 amide bonds. The third-order valence-electron chi connectivity index (χ3n) is 2.86. The normalized spacial score (nSPS) is 10.5. The molecule has 3 heteroatoms. The van der Waals surface area contributed by atoms with E-state index in [4.69, 9.17) is 0 Å². The second-order valence-electron chi connectivity index (χ2n) is 4.22. The summed E-state index contributed by atoms with van der Waals surface area (Å²) < 4.78 is 0. The average molecular weight is 235 g/mol. The number of rotatable bonds is 2. The summed E-state index contributed by atoms with van der Waals surface area (Å²) in [5.41, 5.74) is 5.28. The van der Waals surface area contributed by atoms with E-state index in [0.29, 0.717) is 0 Å². The molecule has 0 spiro atoms. The zero-order valence-electron chi connectivity index (χ0n) is 10.1. The molecule has 0 saturated heterocycles. The molecular weight excluding hydrogens is 222 g/mol. The molecule has 18 heavy (non-hydrogen) atoms. The molecule has 0 saturated carbocycles. The van der Waals surface area contributed by atoms with Crippen molar-refractivity contribution in [3.8, 4) is 22.5 Å². The Bertz CT molecular complexity index is 657. The molecular formula is C15H13N3. The van der Waals surface area contributed by atoms with Gasteiger partial charge < -0.3 is 0 Å². The quantitative estimate of drug-likeness (QED) is 0.739. The number of nitrogens with one attached hydrogen (secondary N) is 1. The van der Waals surface area contributed by atoms with Gasteiger partial charge in [-0.25, -0.2) is 0 Å². The highest BCUT2D eigenvalue weighted by Gasteiger charge is 2.03. The Morgan fingerprint density at radius 2 is 1.78 bits per heavy atom. The summed E-state index contributed by atoms with van der Waals surface area (Å²) in [5, 5.41) is 6.95. The molecule has 0 aliphatic rings. The fourth-order valence-corrected chi connectivity index (χ4v) is 1.97. The van der Waals surface area contributed by atoms with Crippen LogP contribution in [0.15, 0.2) is 54.7 Å². The van der Waals surface area contributed by atoms with Crippen molar-refractivity contribution in [2.24, 2.45) is 0 Å². The van der Waals surface area contributed by atoms with E-state index >= 15 is 0 Å². The van der Waals surface area contributed by atoms with Crippen LogP contribution in [0.1, 0.15) is 5.69 Å². The van der Waals surface area contributed by atoms with Crippen LogP contribution in [-0.4, -0.2) is 15.2 Å². The minimum Gasteiger partial charge on any atom is -0.278 e. The summed E-state index contributed by atoms with van der Waals surface area (Å²) in [6.07, 6.45) is 1.76. The minimum absolute atomic E-state index is 0.997. The number of hydrogen-bond donors (Lipinski definition) is 1. The zero-order chi connectivity index (χ0) is 12.4. The number of benzene rings is 1. The highest BCUT2D eigenvalue weighted by atomic mass is 15.1. The van der Waals surface area contributed by atoms with E-state index in [1.54, 1.807) is 6.20 Å². The molecule has 0 fully saturated rings. The van der Waals surface area contributed by atoms with Gasteiger partial charge in [-0.3, -0.25) is 10.1 Å². The van der Waals surface area contributed by atoms with Gasteiger partial charge in [-0.2, -0.15) is 5.10 Å². The van der Waals surface area contributed by atoms with Gasteiger partial charge in [0.1, 0.15) is 0 Å². The van der Waals surface area contributed by atoms with E-state index in [9.17, 15) is 0 Å². The summed E-state index contributed by atoms with van der Waals surface area (Å²) >= 11 is 0. The molecule has 2 heterocycles. The van der Waals surface area contributed by atoms with Crippen molar-refractivity contribution in [3.05, 3.63) is 60.4 Å². The highest BCUT2D eigenvalue weighted by Crippen LogP contribution is 2.23.